The lowest BCUT2D eigenvalue weighted by Crippen LogP contribution is -2.11. The number of halogens is 1. The van der Waals surface area contributed by atoms with E-state index in [2.05, 4.69) is 21.1 Å². The number of benzene rings is 2. The zero-order valence-corrected chi connectivity index (χ0v) is 15.6. The maximum atomic E-state index is 11.9. The third kappa shape index (κ3) is 4.50. The molecule has 1 aromatic heterocycles. The van der Waals surface area contributed by atoms with Crippen LogP contribution < -0.4 is 4.74 Å². The Kier molecular flexibility index (Phi) is 5.51. The highest BCUT2D eigenvalue weighted by molar-refractivity contribution is 9.10. The summed E-state index contributed by atoms with van der Waals surface area (Å²) in [6.07, 6.45) is -0.939. The van der Waals surface area contributed by atoms with Crippen molar-refractivity contribution in [1.29, 1.82) is 0 Å². The summed E-state index contributed by atoms with van der Waals surface area (Å²) in [5.74, 6) is 0.643. The second-order valence-corrected chi connectivity index (χ2v) is 6.39. The summed E-state index contributed by atoms with van der Waals surface area (Å²) in [6.45, 7) is 1.65. The van der Waals surface area contributed by atoms with Gasteiger partial charge in [0.2, 0.25) is 0 Å². The number of aromatic nitrogens is 1. The highest BCUT2D eigenvalue weighted by Gasteiger charge is 2.18. The fraction of sp³-hybridized carbons (Fsp3) is 0.111. The van der Waals surface area contributed by atoms with Gasteiger partial charge in [-0.1, -0.05) is 33.2 Å². The first-order chi connectivity index (χ1) is 12.9. The standard InChI is InChI=1S/C18H13BrN2O6/c1-11-16(17(27-20-11)12-2-4-13(19)5-3-12)10-25-18(22)26-15-8-6-14(7-9-15)21(23)24/h2-9H,10H2,1H3. The quantitative estimate of drug-likeness (QED) is 0.240. The molecule has 0 saturated carbocycles. The van der Waals surface area contributed by atoms with Crippen molar-refractivity contribution in [3.63, 3.8) is 0 Å². The average Bonchev–Trinajstić information content (AvgIpc) is 3.01. The monoisotopic (exact) mass is 432 g/mol. The molecule has 3 rings (SSSR count). The average molecular weight is 433 g/mol. The van der Waals surface area contributed by atoms with Crippen LogP contribution >= 0.6 is 15.9 Å². The Morgan fingerprint density at radius 1 is 1.19 bits per heavy atom. The van der Waals surface area contributed by atoms with Crippen LogP contribution in [-0.4, -0.2) is 16.2 Å². The Balaban J connectivity index is 1.66. The molecular formula is C18H13BrN2O6. The van der Waals surface area contributed by atoms with E-state index in [0.29, 0.717) is 17.0 Å². The van der Waals surface area contributed by atoms with Gasteiger partial charge in [-0.05, 0) is 31.2 Å². The van der Waals surface area contributed by atoms with Crippen LogP contribution in [0.25, 0.3) is 11.3 Å². The van der Waals surface area contributed by atoms with Crippen molar-refractivity contribution >= 4 is 27.8 Å². The number of nitro benzene ring substituents is 1. The fourth-order valence-corrected chi connectivity index (χ4v) is 2.54. The van der Waals surface area contributed by atoms with E-state index in [1.54, 1.807) is 6.92 Å². The van der Waals surface area contributed by atoms with Gasteiger partial charge in [-0.2, -0.15) is 0 Å². The van der Waals surface area contributed by atoms with E-state index in [4.69, 9.17) is 14.0 Å². The molecule has 0 bridgehead atoms. The minimum atomic E-state index is -0.939. The van der Waals surface area contributed by atoms with Crippen LogP contribution in [0.2, 0.25) is 0 Å². The lowest BCUT2D eigenvalue weighted by Gasteiger charge is -2.06. The van der Waals surface area contributed by atoms with Gasteiger partial charge in [-0.25, -0.2) is 4.79 Å². The van der Waals surface area contributed by atoms with Crippen LogP contribution in [0, 0.1) is 17.0 Å². The number of carbonyl (C=O) groups excluding carboxylic acids is 1. The molecule has 0 N–H and O–H groups in total. The molecule has 1 heterocycles. The third-order valence-electron chi connectivity index (χ3n) is 3.67. The topological polar surface area (TPSA) is 105 Å². The maximum absolute atomic E-state index is 11.9. The third-order valence-corrected chi connectivity index (χ3v) is 4.20. The molecule has 138 valence electrons. The van der Waals surface area contributed by atoms with E-state index in [1.165, 1.54) is 24.3 Å². The van der Waals surface area contributed by atoms with Crippen LogP contribution in [0.4, 0.5) is 10.5 Å². The lowest BCUT2D eigenvalue weighted by molar-refractivity contribution is -0.384. The molecule has 9 heteroatoms. The number of hydrogen-bond acceptors (Lipinski definition) is 7. The van der Waals surface area contributed by atoms with Gasteiger partial charge in [0.25, 0.3) is 5.69 Å². The van der Waals surface area contributed by atoms with E-state index >= 15 is 0 Å². The van der Waals surface area contributed by atoms with Crippen molar-refractivity contribution in [2.45, 2.75) is 13.5 Å². The first kappa shape index (κ1) is 18.6. The number of nitrogens with zero attached hydrogens (tertiary/aromatic N) is 2. The Bertz CT molecular complexity index is 967. The van der Waals surface area contributed by atoms with Crippen molar-refractivity contribution in [2.75, 3.05) is 0 Å². The number of nitro groups is 1. The second kappa shape index (κ2) is 8.00. The Labute approximate surface area is 162 Å². The summed E-state index contributed by atoms with van der Waals surface area (Å²) in [4.78, 5) is 22.0. The highest BCUT2D eigenvalue weighted by atomic mass is 79.9. The molecule has 27 heavy (non-hydrogen) atoms. The van der Waals surface area contributed by atoms with Crippen LogP contribution in [-0.2, 0) is 11.3 Å². The predicted molar refractivity (Wildman–Crippen MR) is 98.3 cm³/mol. The smallest absolute Gasteiger partial charge is 0.429 e. The van der Waals surface area contributed by atoms with Crippen molar-refractivity contribution in [3.05, 3.63) is 74.4 Å². The normalized spacial score (nSPS) is 10.4. The molecule has 3 aromatic rings. The summed E-state index contributed by atoms with van der Waals surface area (Å²) in [5, 5.41) is 14.5. The molecule has 0 aliphatic rings. The molecule has 0 spiro atoms. The van der Waals surface area contributed by atoms with Crippen molar-refractivity contribution < 1.29 is 23.7 Å². The van der Waals surface area contributed by atoms with Gasteiger partial charge in [0.15, 0.2) is 5.76 Å². The van der Waals surface area contributed by atoms with Gasteiger partial charge < -0.3 is 14.0 Å². The molecule has 8 nitrogen and oxygen atoms in total. The molecule has 0 saturated heterocycles. The molecule has 0 unspecified atom stereocenters. The van der Waals surface area contributed by atoms with Gasteiger partial charge in [0.05, 0.1) is 16.2 Å². The maximum Gasteiger partial charge on any atom is 0.514 e. The second-order valence-electron chi connectivity index (χ2n) is 5.47. The van der Waals surface area contributed by atoms with Crippen molar-refractivity contribution in [2.24, 2.45) is 0 Å². The molecule has 0 fully saturated rings. The van der Waals surface area contributed by atoms with Gasteiger partial charge in [-0.3, -0.25) is 10.1 Å². The minimum Gasteiger partial charge on any atom is -0.429 e. The summed E-state index contributed by atoms with van der Waals surface area (Å²) in [7, 11) is 0. The number of hydrogen-bond donors (Lipinski definition) is 0. The zero-order valence-electron chi connectivity index (χ0n) is 14.0. The first-order valence-electron chi connectivity index (χ1n) is 7.74. The molecule has 0 aliphatic heterocycles. The van der Waals surface area contributed by atoms with Gasteiger partial charge in [-0.15, -0.1) is 0 Å². The van der Waals surface area contributed by atoms with Crippen LogP contribution in [0.15, 0.2) is 57.5 Å². The lowest BCUT2D eigenvalue weighted by atomic mass is 10.1. The Morgan fingerprint density at radius 3 is 2.48 bits per heavy atom. The molecular weight excluding hydrogens is 420 g/mol. The van der Waals surface area contributed by atoms with E-state index < -0.39 is 11.1 Å². The minimum absolute atomic E-state index is 0.0907. The Morgan fingerprint density at radius 2 is 1.85 bits per heavy atom. The van der Waals surface area contributed by atoms with E-state index in [-0.39, 0.29) is 18.0 Å². The molecule has 0 atom stereocenters. The zero-order chi connectivity index (χ0) is 19.4. The van der Waals surface area contributed by atoms with Gasteiger partial charge in [0, 0.05) is 22.2 Å². The van der Waals surface area contributed by atoms with Crippen LogP contribution in [0.3, 0.4) is 0 Å². The number of rotatable bonds is 5. The summed E-state index contributed by atoms with van der Waals surface area (Å²) < 4.78 is 16.4. The highest BCUT2D eigenvalue weighted by Crippen LogP contribution is 2.28. The number of ether oxygens (including phenoxy) is 2. The van der Waals surface area contributed by atoms with Gasteiger partial charge in [0.1, 0.15) is 12.4 Å². The fourth-order valence-electron chi connectivity index (χ4n) is 2.28. The summed E-state index contributed by atoms with van der Waals surface area (Å²) in [6, 6.07) is 12.5. The van der Waals surface area contributed by atoms with E-state index in [9.17, 15) is 14.9 Å². The van der Waals surface area contributed by atoms with Crippen molar-refractivity contribution in [1.82, 2.24) is 5.16 Å². The van der Waals surface area contributed by atoms with E-state index in [0.717, 1.165) is 10.0 Å². The summed E-state index contributed by atoms with van der Waals surface area (Å²) >= 11 is 3.37. The largest absolute Gasteiger partial charge is 0.514 e. The van der Waals surface area contributed by atoms with Crippen molar-refractivity contribution in [3.8, 4) is 17.1 Å². The van der Waals surface area contributed by atoms with E-state index in [1.807, 2.05) is 24.3 Å². The van der Waals surface area contributed by atoms with Gasteiger partial charge >= 0.3 is 6.16 Å². The summed E-state index contributed by atoms with van der Waals surface area (Å²) in [5.41, 5.74) is 1.91. The van der Waals surface area contributed by atoms with Crippen LogP contribution in [0.5, 0.6) is 5.75 Å². The Hall–Kier alpha value is -3.20. The van der Waals surface area contributed by atoms with Crippen LogP contribution in [0.1, 0.15) is 11.3 Å². The number of non-ortho nitro benzene ring substituents is 1. The number of aryl methyl sites for hydroxylation is 1. The predicted octanol–water partition coefficient (Wildman–Crippen LogP) is 5.04. The number of carbonyl (C=O) groups is 1. The molecule has 2 aromatic carbocycles. The SMILES string of the molecule is Cc1noc(-c2ccc(Br)cc2)c1COC(=O)Oc1ccc([N+](=O)[O-])cc1. The molecule has 0 amide bonds. The molecule has 0 radical (unpaired) electrons. The first-order valence-corrected chi connectivity index (χ1v) is 8.53. The molecule has 0 aliphatic carbocycles.